The average molecular weight is 384 g/mol. The number of carboxylic acids is 1. The molecule has 3 N–H and O–H groups in total. The number of carbonyl (C=O) groups is 2. The quantitative estimate of drug-likeness (QED) is 0.562. The van der Waals surface area contributed by atoms with Gasteiger partial charge in [-0.25, -0.2) is 17.9 Å². The molecule has 9 heteroatoms. The number of sulfonamides is 1. The number of aliphatic carboxylic acids is 1. The topological polar surface area (TPSA) is 122 Å². The number of methoxy groups -OCH3 is 1. The number of ether oxygens (including phenoxy) is 1. The monoisotopic (exact) mass is 384 g/mol. The van der Waals surface area contributed by atoms with Crippen LogP contribution in [0, 0.1) is 0 Å². The summed E-state index contributed by atoms with van der Waals surface area (Å²) < 4.78 is 32.6. The van der Waals surface area contributed by atoms with Gasteiger partial charge in [-0.2, -0.15) is 0 Å². The second-order valence-corrected chi connectivity index (χ2v) is 7.95. The Morgan fingerprint density at radius 1 is 1.35 bits per heavy atom. The molecule has 1 aliphatic carbocycles. The zero-order valence-electron chi connectivity index (χ0n) is 14.8. The van der Waals surface area contributed by atoms with Gasteiger partial charge in [-0.3, -0.25) is 4.79 Å². The van der Waals surface area contributed by atoms with E-state index >= 15 is 0 Å². The largest absolute Gasteiger partial charge is 0.495 e. The van der Waals surface area contributed by atoms with Crippen LogP contribution in [-0.2, 0) is 14.8 Å². The van der Waals surface area contributed by atoms with Gasteiger partial charge in [-0.05, 0) is 37.5 Å². The van der Waals surface area contributed by atoms with Crippen molar-refractivity contribution in [2.75, 3.05) is 7.11 Å². The zero-order chi connectivity index (χ0) is 19.3. The number of carboxylic acid groups (broad SMARTS) is 1. The Kier molecular flexibility index (Phi) is 6.60. The molecule has 0 saturated heterocycles. The lowest BCUT2D eigenvalue weighted by Crippen LogP contribution is -2.40. The number of benzene rings is 1. The first-order chi connectivity index (χ1) is 12.3. The van der Waals surface area contributed by atoms with Crippen LogP contribution < -0.4 is 14.8 Å². The van der Waals surface area contributed by atoms with Gasteiger partial charge in [0, 0.05) is 11.6 Å². The summed E-state index contributed by atoms with van der Waals surface area (Å²) in [6.45, 7) is 1.92. The lowest BCUT2D eigenvalue weighted by molar-refractivity contribution is -0.139. The van der Waals surface area contributed by atoms with Crippen molar-refractivity contribution in [3.8, 4) is 5.75 Å². The molecule has 0 aliphatic heterocycles. The summed E-state index contributed by atoms with van der Waals surface area (Å²) in [4.78, 5) is 23.6. The van der Waals surface area contributed by atoms with E-state index in [9.17, 15) is 23.1 Å². The van der Waals surface area contributed by atoms with E-state index in [2.05, 4.69) is 10.0 Å². The Hall–Kier alpha value is -2.13. The van der Waals surface area contributed by atoms with Gasteiger partial charge in [0.2, 0.25) is 10.0 Å². The normalized spacial score (nSPS) is 15.3. The van der Waals surface area contributed by atoms with Crippen molar-refractivity contribution in [1.82, 2.24) is 10.0 Å². The van der Waals surface area contributed by atoms with E-state index in [0.29, 0.717) is 12.8 Å². The van der Waals surface area contributed by atoms with Crippen molar-refractivity contribution in [1.29, 1.82) is 0 Å². The van der Waals surface area contributed by atoms with Crippen LogP contribution in [0.4, 0.5) is 0 Å². The van der Waals surface area contributed by atoms with E-state index in [0.717, 1.165) is 19.3 Å². The van der Waals surface area contributed by atoms with Gasteiger partial charge < -0.3 is 15.2 Å². The molecule has 0 aromatic heterocycles. The second-order valence-electron chi connectivity index (χ2n) is 6.27. The smallest absolute Gasteiger partial charge is 0.326 e. The van der Waals surface area contributed by atoms with E-state index in [1.54, 1.807) is 0 Å². The van der Waals surface area contributed by atoms with Gasteiger partial charge in [0.05, 0.1) is 7.11 Å². The first kappa shape index (κ1) is 20.2. The molecule has 8 nitrogen and oxygen atoms in total. The molecule has 0 spiro atoms. The van der Waals surface area contributed by atoms with Crippen LogP contribution in [0.1, 0.15) is 49.4 Å². The maximum atomic E-state index is 12.5. The van der Waals surface area contributed by atoms with E-state index < -0.39 is 27.9 Å². The van der Waals surface area contributed by atoms with Crippen LogP contribution in [0.25, 0.3) is 0 Å². The number of unbranched alkanes of at least 4 members (excludes halogenated alkanes) is 1. The van der Waals surface area contributed by atoms with Gasteiger partial charge in [0.15, 0.2) is 0 Å². The lowest BCUT2D eigenvalue weighted by Gasteiger charge is -2.15. The molecule has 0 bridgehead atoms. The van der Waals surface area contributed by atoms with Gasteiger partial charge in [-0.1, -0.05) is 19.8 Å². The fraction of sp³-hybridized carbons (Fsp3) is 0.529. The van der Waals surface area contributed by atoms with Gasteiger partial charge in [0.25, 0.3) is 5.91 Å². The molecule has 1 aliphatic rings. The third-order valence-electron chi connectivity index (χ3n) is 4.06. The Balaban J connectivity index is 2.24. The van der Waals surface area contributed by atoms with Crippen molar-refractivity contribution in [3.05, 3.63) is 23.8 Å². The van der Waals surface area contributed by atoms with E-state index in [4.69, 9.17) is 4.74 Å². The van der Waals surface area contributed by atoms with Crippen molar-refractivity contribution in [2.45, 2.75) is 56.0 Å². The average Bonchev–Trinajstić information content (AvgIpc) is 3.40. The third kappa shape index (κ3) is 5.18. The summed E-state index contributed by atoms with van der Waals surface area (Å²) in [5.74, 6) is -1.64. The maximum Gasteiger partial charge on any atom is 0.326 e. The van der Waals surface area contributed by atoms with Crippen molar-refractivity contribution in [3.63, 3.8) is 0 Å². The molecule has 0 unspecified atom stereocenters. The molecule has 1 fully saturated rings. The summed E-state index contributed by atoms with van der Waals surface area (Å²) in [6.07, 6.45) is 3.32. The summed E-state index contributed by atoms with van der Waals surface area (Å²) in [7, 11) is -2.48. The Morgan fingerprint density at radius 3 is 2.58 bits per heavy atom. The summed E-state index contributed by atoms with van der Waals surface area (Å²) >= 11 is 0. The van der Waals surface area contributed by atoms with Crippen LogP contribution in [0.15, 0.2) is 23.1 Å². The first-order valence-corrected chi connectivity index (χ1v) is 10.0. The van der Waals surface area contributed by atoms with Crippen molar-refractivity contribution < 1.29 is 27.9 Å². The van der Waals surface area contributed by atoms with E-state index in [1.165, 1.54) is 25.3 Å². The number of carbonyl (C=O) groups excluding carboxylic acids is 1. The van der Waals surface area contributed by atoms with E-state index in [-0.39, 0.29) is 22.3 Å². The molecule has 0 radical (unpaired) electrons. The van der Waals surface area contributed by atoms with Gasteiger partial charge >= 0.3 is 5.97 Å². The predicted molar refractivity (Wildman–Crippen MR) is 94.8 cm³/mol. The molecular formula is C17H24N2O6S. The third-order valence-corrected chi connectivity index (χ3v) is 5.61. The van der Waals surface area contributed by atoms with Gasteiger partial charge in [0.1, 0.15) is 16.7 Å². The molecule has 0 heterocycles. The highest BCUT2D eigenvalue weighted by atomic mass is 32.2. The fourth-order valence-corrected chi connectivity index (χ4v) is 3.92. The highest BCUT2D eigenvalue weighted by Crippen LogP contribution is 2.28. The summed E-state index contributed by atoms with van der Waals surface area (Å²) in [6, 6.07) is 2.89. The van der Waals surface area contributed by atoms with Crippen molar-refractivity contribution >= 4 is 21.9 Å². The molecule has 1 atom stereocenters. The Bertz CT molecular complexity index is 773. The second kappa shape index (κ2) is 8.50. The molecule has 1 aromatic rings. The summed E-state index contributed by atoms with van der Waals surface area (Å²) in [5, 5.41) is 11.7. The molecule has 2 rings (SSSR count). The summed E-state index contributed by atoms with van der Waals surface area (Å²) in [5.41, 5.74) is 0.0599. The maximum absolute atomic E-state index is 12.5. The molecule has 1 amide bonds. The van der Waals surface area contributed by atoms with Crippen LogP contribution in [-0.4, -0.2) is 44.6 Å². The molecule has 26 heavy (non-hydrogen) atoms. The SMILES string of the molecule is CCCC[C@H](NC(=O)c1ccc(OC)c(S(=O)(=O)NC2CC2)c1)C(=O)O. The minimum atomic E-state index is -3.83. The molecule has 1 saturated carbocycles. The predicted octanol–water partition coefficient (Wildman–Crippen LogP) is 1.51. The molecule has 144 valence electrons. The highest BCUT2D eigenvalue weighted by Gasteiger charge is 2.30. The number of nitrogens with one attached hydrogen (secondary N) is 2. The van der Waals surface area contributed by atoms with Crippen LogP contribution in [0.5, 0.6) is 5.75 Å². The van der Waals surface area contributed by atoms with Crippen molar-refractivity contribution in [2.24, 2.45) is 0 Å². The lowest BCUT2D eigenvalue weighted by atomic mass is 10.1. The minimum Gasteiger partial charge on any atom is -0.495 e. The van der Waals surface area contributed by atoms with Crippen LogP contribution >= 0.6 is 0 Å². The van der Waals surface area contributed by atoms with Crippen LogP contribution in [0.3, 0.4) is 0 Å². The highest BCUT2D eigenvalue weighted by molar-refractivity contribution is 7.89. The minimum absolute atomic E-state index is 0.0599. The standard InChI is InChI=1S/C17H24N2O6S/c1-3-4-5-13(17(21)22)18-16(20)11-6-9-14(25-2)15(10-11)26(23,24)19-12-7-8-12/h6,9-10,12-13,19H,3-5,7-8H2,1-2H3,(H,18,20)(H,21,22)/t13-/m0/s1. The number of hydrogen-bond acceptors (Lipinski definition) is 5. The molecule has 1 aromatic carbocycles. The van der Waals surface area contributed by atoms with E-state index in [1.807, 2.05) is 6.92 Å². The zero-order valence-corrected chi connectivity index (χ0v) is 15.6. The number of rotatable bonds is 10. The van der Waals surface area contributed by atoms with Gasteiger partial charge in [-0.15, -0.1) is 0 Å². The first-order valence-electron chi connectivity index (χ1n) is 8.52. The molecular weight excluding hydrogens is 360 g/mol. The Morgan fingerprint density at radius 2 is 2.04 bits per heavy atom. The number of hydrogen-bond donors (Lipinski definition) is 3. The number of amides is 1. The Labute approximate surface area is 153 Å². The fourth-order valence-electron chi connectivity index (χ4n) is 2.42. The van der Waals surface area contributed by atoms with Crippen LogP contribution in [0.2, 0.25) is 0 Å².